The molecule has 0 atom stereocenters. The molecule has 0 bridgehead atoms. The van der Waals surface area contributed by atoms with Crippen molar-refractivity contribution in [3.63, 3.8) is 0 Å². The van der Waals surface area contributed by atoms with Crippen molar-refractivity contribution in [1.29, 1.82) is 5.41 Å². The highest BCUT2D eigenvalue weighted by molar-refractivity contribution is 6.68. The number of allylic oxidation sites excluding steroid dienone is 1. The van der Waals surface area contributed by atoms with Gasteiger partial charge in [-0.3, -0.25) is 15.2 Å². The van der Waals surface area contributed by atoms with Gasteiger partial charge in [-0.25, -0.2) is 0 Å². The monoisotopic (exact) mass is 346 g/mol. The number of nitrogens with zero attached hydrogens (tertiary/aromatic N) is 2. The molecule has 7 heteroatoms. The van der Waals surface area contributed by atoms with Crippen molar-refractivity contribution in [3.05, 3.63) is 60.6 Å². The maximum atomic E-state index is 12.5. The Bertz CT molecular complexity index is 699. The van der Waals surface area contributed by atoms with E-state index < -0.39 is 0 Å². The Morgan fingerprint density at radius 2 is 2.29 bits per heavy atom. The summed E-state index contributed by atoms with van der Waals surface area (Å²) in [5, 5.41) is 10.5. The van der Waals surface area contributed by atoms with Crippen molar-refractivity contribution in [2.75, 3.05) is 11.9 Å². The third kappa shape index (κ3) is 4.96. The number of anilines is 1. The second kappa shape index (κ2) is 8.88. The maximum Gasteiger partial charge on any atom is 0.227 e. The van der Waals surface area contributed by atoms with E-state index in [1.54, 1.807) is 37.0 Å². The summed E-state index contributed by atoms with van der Waals surface area (Å²) in [5.74, 6) is 0.623. The number of nitrogens with one attached hydrogen (secondary N) is 2. The van der Waals surface area contributed by atoms with Crippen LogP contribution in [0.3, 0.4) is 0 Å². The van der Waals surface area contributed by atoms with Gasteiger partial charge < -0.3 is 14.6 Å². The second-order valence-corrected chi connectivity index (χ2v) is 5.32. The molecule has 2 heterocycles. The van der Waals surface area contributed by atoms with Gasteiger partial charge in [-0.2, -0.15) is 0 Å². The molecule has 2 aromatic rings. The van der Waals surface area contributed by atoms with Crippen molar-refractivity contribution in [2.24, 2.45) is 0 Å². The first-order chi connectivity index (χ1) is 11.6. The van der Waals surface area contributed by atoms with E-state index in [0.29, 0.717) is 18.7 Å². The molecule has 0 unspecified atom stereocenters. The standard InChI is InChI=1S/C17H19ClN4O2/c1-2-22(16(23)8-7-14-6-4-10-24-14)15(17(18)19)12-21-13-5-3-9-20-11-13/h3-6,9-12,19,21H,2,7-8H2,1H3/b15-12+,19-17?. The number of furan rings is 1. The molecule has 0 aliphatic heterocycles. The summed E-state index contributed by atoms with van der Waals surface area (Å²) in [4.78, 5) is 17.9. The fourth-order valence-corrected chi connectivity index (χ4v) is 2.32. The molecule has 24 heavy (non-hydrogen) atoms. The first kappa shape index (κ1) is 17.7. The predicted molar refractivity (Wildman–Crippen MR) is 93.9 cm³/mol. The normalized spacial score (nSPS) is 11.2. The summed E-state index contributed by atoms with van der Waals surface area (Å²) >= 11 is 5.87. The van der Waals surface area contributed by atoms with Crippen LogP contribution in [0.2, 0.25) is 0 Å². The van der Waals surface area contributed by atoms with E-state index in [1.807, 2.05) is 19.1 Å². The third-order valence-corrected chi connectivity index (χ3v) is 3.53. The number of halogens is 1. The third-order valence-electron chi connectivity index (χ3n) is 3.34. The zero-order valence-electron chi connectivity index (χ0n) is 13.3. The summed E-state index contributed by atoms with van der Waals surface area (Å²) in [6.45, 7) is 2.25. The zero-order valence-corrected chi connectivity index (χ0v) is 14.1. The summed E-state index contributed by atoms with van der Waals surface area (Å²) < 4.78 is 5.24. The van der Waals surface area contributed by atoms with Gasteiger partial charge in [-0.15, -0.1) is 0 Å². The van der Waals surface area contributed by atoms with Crippen molar-refractivity contribution in [3.8, 4) is 0 Å². The summed E-state index contributed by atoms with van der Waals surface area (Å²) in [5.41, 5.74) is 1.06. The Balaban J connectivity index is 2.07. The van der Waals surface area contributed by atoms with Crippen molar-refractivity contribution < 1.29 is 9.21 Å². The topological polar surface area (TPSA) is 82.2 Å². The van der Waals surface area contributed by atoms with Gasteiger partial charge in [-0.1, -0.05) is 11.6 Å². The number of rotatable bonds is 8. The van der Waals surface area contributed by atoms with Gasteiger partial charge in [0.25, 0.3) is 0 Å². The minimum Gasteiger partial charge on any atom is -0.469 e. The lowest BCUT2D eigenvalue weighted by atomic mass is 10.2. The minimum absolute atomic E-state index is 0.126. The molecule has 0 spiro atoms. The van der Waals surface area contributed by atoms with Crippen LogP contribution in [0.25, 0.3) is 0 Å². The lowest BCUT2D eigenvalue weighted by Crippen LogP contribution is -2.33. The van der Waals surface area contributed by atoms with Crippen LogP contribution in [0.4, 0.5) is 5.69 Å². The lowest BCUT2D eigenvalue weighted by molar-refractivity contribution is -0.128. The molecular weight excluding hydrogens is 328 g/mol. The predicted octanol–water partition coefficient (Wildman–Crippen LogP) is 3.63. The van der Waals surface area contributed by atoms with Gasteiger partial charge in [0.15, 0.2) is 0 Å². The number of pyridine rings is 1. The number of carbonyl (C=O) groups excluding carboxylic acids is 1. The number of amides is 1. The summed E-state index contributed by atoms with van der Waals surface area (Å²) in [6, 6.07) is 7.23. The fraction of sp³-hybridized carbons (Fsp3) is 0.235. The molecular formula is C17H19ClN4O2. The molecule has 0 saturated carbocycles. The highest BCUT2D eigenvalue weighted by atomic mass is 35.5. The van der Waals surface area contributed by atoms with E-state index in [1.165, 1.54) is 4.90 Å². The molecule has 0 fully saturated rings. The molecule has 126 valence electrons. The van der Waals surface area contributed by atoms with E-state index in [4.69, 9.17) is 21.4 Å². The van der Waals surface area contributed by atoms with Gasteiger partial charge in [-0.05, 0) is 31.2 Å². The average Bonchev–Trinajstić information content (AvgIpc) is 3.10. The largest absolute Gasteiger partial charge is 0.469 e. The number of carbonyl (C=O) groups is 1. The van der Waals surface area contributed by atoms with Crippen molar-refractivity contribution >= 4 is 28.4 Å². The van der Waals surface area contributed by atoms with E-state index in [-0.39, 0.29) is 17.5 Å². The number of hydrogen-bond donors (Lipinski definition) is 2. The fourth-order valence-electron chi connectivity index (χ4n) is 2.16. The molecule has 0 aliphatic rings. The smallest absolute Gasteiger partial charge is 0.227 e. The van der Waals surface area contributed by atoms with Crippen molar-refractivity contribution in [2.45, 2.75) is 19.8 Å². The molecule has 6 nitrogen and oxygen atoms in total. The summed E-state index contributed by atoms with van der Waals surface area (Å²) in [6.07, 6.45) is 7.20. The van der Waals surface area contributed by atoms with Crippen LogP contribution < -0.4 is 5.32 Å². The Morgan fingerprint density at radius 1 is 1.46 bits per heavy atom. The number of aryl methyl sites for hydroxylation is 1. The van der Waals surface area contributed by atoms with E-state index in [2.05, 4.69) is 10.3 Å². The highest BCUT2D eigenvalue weighted by Gasteiger charge is 2.19. The van der Waals surface area contributed by atoms with Crippen LogP contribution in [0, 0.1) is 5.41 Å². The van der Waals surface area contributed by atoms with Gasteiger partial charge in [0.2, 0.25) is 5.91 Å². The van der Waals surface area contributed by atoms with Crippen LogP contribution in [0.15, 0.2) is 59.2 Å². The number of aromatic nitrogens is 1. The van der Waals surface area contributed by atoms with Crippen molar-refractivity contribution in [1.82, 2.24) is 9.88 Å². The minimum atomic E-state index is -0.209. The van der Waals surface area contributed by atoms with Gasteiger partial charge in [0, 0.05) is 31.8 Å². The Labute approximate surface area is 145 Å². The zero-order chi connectivity index (χ0) is 17.4. The quantitative estimate of drug-likeness (QED) is 0.715. The molecule has 0 radical (unpaired) electrons. The number of hydrogen-bond acceptors (Lipinski definition) is 5. The maximum absolute atomic E-state index is 12.5. The second-order valence-electron chi connectivity index (χ2n) is 4.95. The molecule has 0 aromatic carbocycles. The summed E-state index contributed by atoms with van der Waals surface area (Å²) in [7, 11) is 0. The average molecular weight is 347 g/mol. The van der Waals surface area contributed by atoms with E-state index in [9.17, 15) is 4.79 Å². The molecule has 2 rings (SSSR count). The molecule has 0 aliphatic carbocycles. The lowest BCUT2D eigenvalue weighted by Gasteiger charge is -2.23. The van der Waals surface area contributed by atoms with Crippen LogP contribution in [0.1, 0.15) is 19.1 Å². The SMILES string of the molecule is CCN(C(=O)CCc1ccco1)/C(=C/Nc1cccnc1)C(=N)Cl. The van der Waals surface area contributed by atoms with E-state index in [0.717, 1.165) is 11.4 Å². The Kier molecular flexibility index (Phi) is 6.57. The highest BCUT2D eigenvalue weighted by Crippen LogP contribution is 2.14. The first-order valence-electron chi connectivity index (χ1n) is 7.55. The Morgan fingerprint density at radius 3 is 2.88 bits per heavy atom. The van der Waals surface area contributed by atoms with Crippen LogP contribution >= 0.6 is 11.6 Å². The first-order valence-corrected chi connectivity index (χ1v) is 7.93. The van der Waals surface area contributed by atoms with Gasteiger partial charge >= 0.3 is 0 Å². The van der Waals surface area contributed by atoms with Gasteiger partial charge in [0.1, 0.15) is 10.9 Å². The molecule has 0 saturated heterocycles. The van der Waals surface area contributed by atoms with E-state index >= 15 is 0 Å². The molecule has 1 amide bonds. The molecule has 2 N–H and O–H groups in total. The van der Waals surface area contributed by atoms with Gasteiger partial charge in [0.05, 0.1) is 23.8 Å². The van der Waals surface area contributed by atoms with Crippen LogP contribution in [-0.2, 0) is 11.2 Å². The Hall–Kier alpha value is -2.60. The van der Waals surface area contributed by atoms with Crippen LogP contribution in [0.5, 0.6) is 0 Å². The molecule has 2 aromatic heterocycles. The van der Waals surface area contributed by atoms with Crippen LogP contribution in [-0.4, -0.2) is 27.5 Å².